The molecule has 166 valence electrons. The Morgan fingerprint density at radius 2 is 1.77 bits per heavy atom. The van der Waals surface area contributed by atoms with E-state index in [1.54, 1.807) is 0 Å². The number of carbonyl (C=O) groups excluding carboxylic acids is 2. The lowest BCUT2D eigenvalue weighted by Crippen LogP contribution is -2.35. The minimum Gasteiger partial charge on any atom is -0.377 e. The van der Waals surface area contributed by atoms with Crippen molar-refractivity contribution >= 4 is 23.2 Å². The number of nitrogens with one attached hydrogen (secondary N) is 1. The quantitative estimate of drug-likeness (QED) is 0.585. The van der Waals surface area contributed by atoms with E-state index in [4.69, 9.17) is 0 Å². The van der Waals surface area contributed by atoms with E-state index in [1.807, 2.05) is 67.5 Å². The number of nitrogens with zero attached hydrogens (tertiary/aromatic N) is 2. The molecule has 0 spiro atoms. The Hall–Kier alpha value is -2.82. The molecule has 1 aliphatic carbocycles. The molecule has 0 radical (unpaired) electrons. The summed E-state index contributed by atoms with van der Waals surface area (Å²) in [7, 11) is 4.01. The standard InChI is InChI=1S/C26H35N3O2/c1-5-16-29(26(31)23(6-2)19-10-8-7-9-11-19)18-21-17-22(14-15-24(21)28(3)4)27-25(30)20-12-13-20/h7-11,14-15,17,20,23H,5-6,12-13,16,18H2,1-4H3,(H,27,30)/t23-/m0/s1. The molecule has 5 heteroatoms. The maximum Gasteiger partial charge on any atom is 0.230 e. The van der Waals surface area contributed by atoms with Gasteiger partial charge in [-0.25, -0.2) is 0 Å². The van der Waals surface area contributed by atoms with Crippen LogP contribution >= 0.6 is 0 Å². The Morgan fingerprint density at radius 3 is 2.35 bits per heavy atom. The van der Waals surface area contributed by atoms with Crippen molar-refractivity contribution in [3.63, 3.8) is 0 Å². The van der Waals surface area contributed by atoms with Crippen LogP contribution in [0.4, 0.5) is 11.4 Å². The molecule has 1 aliphatic rings. The second kappa shape index (κ2) is 10.5. The van der Waals surface area contributed by atoms with E-state index in [0.29, 0.717) is 13.1 Å². The molecule has 0 bridgehead atoms. The zero-order valence-electron chi connectivity index (χ0n) is 19.2. The van der Waals surface area contributed by atoms with E-state index in [2.05, 4.69) is 24.1 Å². The number of hydrogen-bond acceptors (Lipinski definition) is 3. The Balaban J connectivity index is 1.86. The zero-order chi connectivity index (χ0) is 22.4. The van der Waals surface area contributed by atoms with Crippen LogP contribution in [0, 0.1) is 5.92 Å². The van der Waals surface area contributed by atoms with E-state index in [-0.39, 0.29) is 23.7 Å². The van der Waals surface area contributed by atoms with Crippen LogP contribution in [0.2, 0.25) is 0 Å². The molecule has 5 nitrogen and oxygen atoms in total. The highest BCUT2D eigenvalue weighted by molar-refractivity contribution is 5.94. The Labute approximate surface area is 186 Å². The van der Waals surface area contributed by atoms with Crippen molar-refractivity contribution < 1.29 is 9.59 Å². The summed E-state index contributed by atoms with van der Waals surface area (Å²) >= 11 is 0. The van der Waals surface area contributed by atoms with Gasteiger partial charge < -0.3 is 15.1 Å². The average Bonchev–Trinajstić information content (AvgIpc) is 3.60. The fourth-order valence-electron chi connectivity index (χ4n) is 4.02. The summed E-state index contributed by atoms with van der Waals surface area (Å²) in [6.45, 7) is 5.40. The Kier molecular flexibility index (Phi) is 7.72. The molecule has 0 aliphatic heterocycles. The molecule has 0 heterocycles. The summed E-state index contributed by atoms with van der Waals surface area (Å²) in [5.74, 6) is 0.271. The van der Waals surface area contributed by atoms with Gasteiger partial charge in [0.25, 0.3) is 0 Å². The summed E-state index contributed by atoms with van der Waals surface area (Å²) in [6.07, 6.45) is 3.61. The van der Waals surface area contributed by atoms with Crippen LogP contribution in [0.15, 0.2) is 48.5 Å². The van der Waals surface area contributed by atoms with Gasteiger partial charge in [-0.2, -0.15) is 0 Å². The zero-order valence-corrected chi connectivity index (χ0v) is 19.2. The first-order valence-corrected chi connectivity index (χ1v) is 11.4. The molecule has 1 atom stereocenters. The van der Waals surface area contributed by atoms with E-state index >= 15 is 0 Å². The minimum absolute atomic E-state index is 0.0974. The van der Waals surface area contributed by atoms with Crippen molar-refractivity contribution in [3.8, 4) is 0 Å². The molecule has 3 rings (SSSR count). The predicted molar refractivity (Wildman–Crippen MR) is 127 cm³/mol. The minimum atomic E-state index is -0.145. The summed E-state index contributed by atoms with van der Waals surface area (Å²) in [6, 6.07) is 16.0. The molecule has 1 saturated carbocycles. The second-order valence-electron chi connectivity index (χ2n) is 8.63. The SMILES string of the molecule is CCCN(Cc1cc(NC(=O)C2CC2)ccc1N(C)C)C(=O)[C@@H](CC)c1ccccc1. The van der Waals surface area contributed by atoms with Crippen LogP contribution in [0.3, 0.4) is 0 Å². The highest BCUT2D eigenvalue weighted by Crippen LogP contribution is 2.32. The van der Waals surface area contributed by atoms with Crippen LogP contribution in [-0.4, -0.2) is 37.4 Å². The Bertz CT molecular complexity index is 891. The van der Waals surface area contributed by atoms with Gasteiger partial charge in [0.2, 0.25) is 11.8 Å². The third-order valence-electron chi connectivity index (χ3n) is 5.85. The van der Waals surface area contributed by atoms with E-state index in [9.17, 15) is 9.59 Å². The van der Waals surface area contributed by atoms with E-state index < -0.39 is 0 Å². The predicted octanol–water partition coefficient (Wildman–Crippen LogP) is 5.03. The molecule has 0 unspecified atom stereocenters. The van der Waals surface area contributed by atoms with E-state index in [0.717, 1.165) is 48.2 Å². The van der Waals surface area contributed by atoms with Crippen LogP contribution in [0.25, 0.3) is 0 Å². The van der Waals surface area contributed by atoms with Crippen LogP contribution in [-0.2, 0) is 16.1 Å². The maximum atomic E-state index is 13.6. The van der Waals surface area contributed by atoms with Crippen LogP contribution < -0.4 is 10.2 Å². The summed E-state index contributed by atoms with van der Waals surface area (Å²) in [4.78, 5) is 29.8. The average molecular weight is 422 g/mol. The number of benzene rings is 2. The first kappa shape index (κ1) is 22.9. The van der Waals surface area contributed by atoms with Gasteiger partial charge in [-0.3, -0.25) is 9.59 Å². The lowest BCUT2D eigenvalue weighted by molar-refractivity contribution is -0.133. The van der Waals surface area contributed by atoms with E-state index in [1.165, 1.54) is 0 Å². The molecule has 2 amide bonds. The summed E-state index contributed by atoms with van der Waals surface area (Å²) in [5, 5.41) is 3.04. The molecule has 0 aromatic heterocycles. The number of rotatable bonds is 10. The van der Waals surface area contributed by atoms with Gasteiger partial charge in [0.1, 0.15) is 0 Å². The van der Waals surface area contributed by atoms with Gasteiger partial charge >= 0.3 is 0 Å². The number of hydrogen-bond donors (Lipinski definition) is 1. The first-order chi connectivity index (χ1) is 14.9. The molecule has 1 N–H and O–H groups in total. The van der Waals surface area contributed by atoms with Crippen molar-refractivity contribution in [2.45, 2.75) is 52.0 Å². The molecule has 0 saturated heterocycles. The van der Waals surface area contributed by atoms with Gasteiger partial charge in [0.05, 0.1) is 5.92 Å². The number of carbonyl (C=O) groups is 2. The molecular formula is C26H35N3O2. The van der Waals surface area contributed by atoms with Crippen LogP contribution in [0.1, 0.15) is 56.6 Å². The van der Waals surface area contributed by atoms with Crippen molar-refractivity contribution in [3.05, 3.63) is 59.7 Å². The van der Waals surface area contributed by atoms with Crippen molar-refractivity contribution in [2.75, 3.05) is 30.9 Å². The first-order valence-electron chi connectivity index (χ1n) is 11.4. The molecule has 2 aromatic rings. The highest BCUT2D eigenvalue weighted by atomic mass is 16.2. The molecule has 31 heavy (non-hydrogen) atoms. The monoisotopic (exact) mass is 421 g/mol. The second-order valence-corrected chi connectivity index (χ2v) is 8.63. The number of anilines is 2. The topological polar surface area (TPSA) is 52.7 Å². The molecular weight excluding hydrogens is 386 g/mol. The smallest absolute Gasteiger partial charge is 0.230 e. The van der Waals surface area contributed by atoms with Gasteiger partial charge in [-0.1, -0.05) is 44.2 Å². The number of amides is 2. The fraction of sp³-hybridized carbons (Fsp3) is 0.462. The molecule has 1 fully saturated rings. The lowest BCUT2D eigenvalue weighted by atomic mass is 9.94. The van der Waals surface area contributed by atoms with Gasteiger partial charge in [-0.15, -0.1) is 0 Å². The van der Waals surface area contributed by atoms with Crippen LogP contribution in [0.5, 0.6) is 0 Å². The fourth-order valence-corrected chi connectivity index (χ4v) is 4.02. The summed E-state index contributed by atoms with van der Waals surface area (Å²) < 4.78 is 0. The third-order valence-corrected chi connectivity index (χ3v) is 5.85. The van der Waals surface area contributed by atoms with Gasteiger partial charge in [-0.05, 0) is 55.0 Å². The largest absolute Gasteiger partial charge is 0.377 e. The molecule has 2 aromatic carbocycles. The van der Waals surface area contributed by atoms with Crippen molar-refractivity contribution in [1.82, 2.24) is 4.90 Å². The third kappa shape index (κ3) is 5.87. The highest BCUT2D eigenvalue weighted by Gasteiger charge is 2.30. The maximum absolute atomic E-state index is 13.6. The van der Waals surface area contributed by atoms with Crippen molar-refractivity contribution in [1.29, 1.82) is 0 Å². The normalized spacial score (nSPS) is 14.1. The Morgan fingerprint density at radius 1 is 1.06 bits per heavy atom. The summed E-state index contributed by atoms with van der Waals surface area (Å²) in [5.41, 5.74) is 3.97. The van der Waals surface area contributed by atoms with Gasteiger partial charge in [0, 0.05) is 44.5 Å². The van der Waals surface area contributed by atoms with Gasteiger partial charge in [0.15, 0.2) is 0 Å². The lowest BCUT2D eigenvalue weighted by Gasteiger charge is -2.29. The van der Waals surface area contributed by atoms with Crippen molar-refractivity contribution in [2.24, 2.45) is 5.92 Å².